The first-order valence-electron chi connectivity index (χ1n) is 6.70. The van der Waals surface area contributed by atoms with Gasteiger partial charge < -0.3 is 5.73 Å². The fraction of sp³-hybridized carbons (Fsp3) is 0.267. The molecule has 3 N–H and O–H groups in total. The smallest absolute Gasteiger partial charge is 0.125 e. The number of hydrogen-bond acceptors (Lipinski definition) is 4. The van der Waals surface area contributed by atoms with Gasteiger partial charge in [0.05, 0.1) is 0 Å². The van der Waals surface area contributed by atoms with E-state index >= 15 is 0 Å². The Labute approximate surface area is 122 Å². The predicted molar refractivity (Wildman–Crippen MR) is 80.3 cm³/mol. The number of rotatable bonds is 3. The summed E-state index contributed by atoms with van der Waals surface area (Å²) < 4.78 is 0. The summed E-state index contributed by atoms with van der Waals surface area (Å²) in [6.45, 7) is 0. The number of aromatic nitrogens is 2. The van der Waals surface area contributed by atoms with Crippen molar-refractivity contribution in [3.8, 4) is 0 Å². The molecule has 20 heavy (non-hydrogen) atoms. The van der Waals surface area contributed by atoms with Gasteiger partial charge in [0.2, 0.25) is 0 Å². The molecule has 1 aliphatic rings. The van der Waals surface area contributed by atoms with E-state index in [9.17, 15) is 0 Å². The summed E-state index contributed by atoms with van der Waals surface area (Å²) in [7, 11) is 0. The van der Waals surface area contributed by atoms with Crippen LogP contribution in [0.25, 0.3) is 0 Å². The first kappa shape index (κ1) is 13.1. The zero-order chi connectivity index (χ0) is 13.9. The molecule has 0 saturated carbocycles. The molecule has 2 aromatic rings. The largest absolute Gasteiger partial charge is 0.384 e. The third-order valence-electron chi connectivity index (χ3n) is 3.40. The van der Waals surface area contributed by atoms with Gasteiger partial charge in [-0.05, 0) is 61.2 Å². The molecule has 0 amide bonds. The maximum Gasteiger partial charge on any atom is 0.125 e. The van der Waals surface area contributed by atoms with Gasteiger partial charge in [0.1, 0.15) is 15.9 Å². The van der Waals surface area contributed by atoms with Crippen molar-refractivity contribution in [2.24, 2.45) is 5.73 Å². The summed E-state index contributed by atoms with van der Waals surface area (Å²) in [5.41, 5.74) is 8.83. The van der Waals surface area contributed by atoms with Crippen LogP contribution in [-0.4, -0.2) is 15.8 Å². The minimum absolute atomic E-state index is 0.0734. The maximum atomic E-state index is 7.76. The maximum absolute atomic E-state index is 7.76. The minimum Gasteiger partial charge on any atom is -0.384 e. The lowest BCUT2D eigenvalue weighted by Gasteiger charge is -2.17. The Hall–Kier alpha value is -1.88. The standard InChI is InChI=1S/C15H16N4S/c16-14(17)11-9-10-5-1-2-6-12(10)19-15(11)20-13-7-3-4-8-18-13/h3-4,7-9H,1-2,5-6H2,(H3,16,17). The summed E-state index contributed by atoms with van der Waals surface area (Å²) in [4.78, 5) is 9.03. The number of hydrogen-bond donors (Lipinski definition) is 2. The summed E-state index contributed by atoms with van der Waals surface area (Å²) >= 11 is 1.47. The quantitative estimate of drug-likeness (QED) is 0.671. The molecule has 0 aliphatic heterocycles. The highest BCUT2D eigenvalue weighted by molar-refractivity contribution is 7.99. The molecular formula is C15H16N4S. The monoisotopic (exact) mass is 284 g/mol. The van der Waals surface area contributed by atoms with Crippen LogP contribution in [0.5, 0.6) is 0 Å². The van der Waals surface area contributed by atoms with E-state index in [0.717, 1.165) is 34.2 Å². The molecule has 5 heteroatoms. The lowest BCUT2D eigenvalue weighted by Crippen LogP contribution is -2.16. The van der Waals surface area contributed by atoms with Crippen molar-refractivity contribution < 1.29 is 0 Å². The van der Waals surface area contributed by atoms with E-state index in [-0.39, 0.29) is 5.84 Å². The van der Waals surface area contributed by atoms with E-state index in [4.69, 9.17) is 16.1 Å². The Morgan fingerprint density at radius 2 is 2.10 bits per heavy atom. The van der Waals surface area contributed by atoms with E-state index in [1.165, 1.54) is 30.2 Å². The molecule has 0 bridgehead atoms. The van der Waals surface area contributed by atoms with Gasteiger partial charge in [-0.2, -0.15) is 0 Å². The number of nitrogens with zero attached hydrogens (tertiary/aromatic N) is 2. The van der Waals surface area contributed by atoms with Crippen LogP contribution in [0.1, 0.15) is 29.7 Å². The number of amidine groups is 1. The number of aryl methyl sites for hydroxylation is 2. The molecular weight excluding hydrogens is 268 g/mol. The zero-order valence-electron chi connectivity index (χ0n) is 11.1. The summed E-state index contributed by atoms with van der Waals surface area (Å²) in [6.07, 6.45) is 6.19. The minimum atomic E-state index is 0.0734. The van der Waals surface area contributed by atoms with Gasteiger partial charge in [0, 0.05) is 17.5 Å². The molecule has 0 radical (unpaired) electrons. The molecule has 0 atom stereocenters. The van der Waals surface area contributed by atoms with Gasteiger partial charge in [-0.25, -0.2) is 9.97 Å². The van der Waals surface area contributed by atoms with Crippen molar-refractivity contribution in [1.82, 2.24) is 9.97 Å². The second kappa shape index (κ2) is 5.63. The van der Waals surface area contributed by atoms with Crippen LogP contribution in [-0.2, 0) is 12.8 Å². The summed E-state index contributed by atoms with van der Waals surface area (Å²) in [5, 5.41) is 9.43. The van der Waals surface area contributed by atoms with Gasteiger partial charge >= 0.3 is 0 Å². The van der Waals surface area contributed by atoms with E-state index in [1.54, 1.807) is 6.20 Å². The van der Waals surface area contributed by atoms with Crippen LogP contribution in [0, 0.1) is 5.41 Å². The molecule has 0 fully saturated rings. The summed E-state index contributed by atoms with van der Waals surface area (Å²) in [5.74, 6) is 0.0734. The first-order valence-corrected chi connectivity index (χ1v) is 7.52. The molecule has 0 saturated heterocycles. The molecule has 0 spiro atoms. The second-order valence-electron chi connectivity index (χ2n) is 4.84. The average Bonchev–Trinajstić information content (AvgIpc) is 2.47. The molecule has 2 aromatic heterocycles. The van der Waals surface area contributed by atoms with Crippen LogP contribution < -0.4 is 5.73 Å². The number of nitrogens with one attached hydrogen (secondary N) is 1. The summed E-state index contributed by atoms with van der Waals surface area (Å²) in [6, 6.07) is 7.81. The number of pyridine rings is 2. The van der Waals surface area contributed by atoms with Gasteiger partial charge in [0.15, 0.2) is 0 Å². The zero-order valence-corrected chi connectivity index (χ0v) is 11.9. The highest BCUT2D eigenvalue weighted by Crippen LogP contribution is 2.30. The van der Waals surface area contributed by atoms with Crippen LogP contribution in [0.15, 0.2) is 40.5 Å². The van der Waals surface area contributed by atoms with E-state index in [0.29, 0.717) is 0 Å². The van der Waals surface area contributed by atoms with Crippen LogP contribution in [0.4, 0.5) is 0 Å². The highest BCUT2D eigenvalue weighted by atomic mass is 32.2. The Morgan fingerprint density at radius 1 is 1.25 bits per heavy atom. The third-order valence-corrected chi connectivity index (χ3v) is 4.35. The number of nitrogen functional groups attached to an aromatic ring is 1. The van der Waals surface area contributed by atoms with E-state index < -0.39 is 0 Å². The first-order chi connectivity index (χ1) is 9.74. The van der Waals surface area contributed by atoms with Crippen molar-refractivity contribution in [3.63, 3.8) is 0 Å². The lowest BCUT2D eigenvalue weighted by atomic mass is 9.95. The highest BCUT2D eigenvalue weighted by Gasteiger charge is 2.17. The van der Waals surface area contributed by atoms with Gasteiger partial charge in [-0.15, -0.1) is 0 Å². The topological polar surface area (TPSA) is 75.7 Å². The van der Waals surface area contributed by atoms with Crippen LogP contribution in [0.3, 0.4) is 0 Å². The van der Waals surface area contributed by atoms with Crippen LogP contribution in [0.2, 0.25) is 0 Å². The molecule has 3 rings (SSSR count). The van der Waals surface area contributed by atoms with Crippen molar-refractivity contribution in [1.29, 1.82) is 5.41 Å². The molecule has 0 aromatic carbocycles. The van der Waals surface area contributed by atoms with Crippen molar-refractivity contribution in [2.75, 3.05) is 0 Å². The van der Waals surface area contributed by atoms with Gasteiger partial charge in [-0.1, -0.05) is 6.07 Å². The molecule has 4 nitrogen and oxygen atoms in total. The fourth-order valence-electron chi connectivity index (χ4n) is 2.39. The van der Waals surface area contributed by atoms with Gasteiger partial charge in [-0.3, -0.25) is 5.41 Å². The average molecular weight is 284 g/mol. The molecule has 1 aliphatic carbocycles. The predicted octanol–water partition coefficient (Wildman–Crippen LogP) is 2.79. The Morgan fingerprint density at radius 3 is 2.85 bits per heavy atom. The van der Waals surface area contributed by atoms with Crippen molar-refractivity contribution in [2.45, 2.75) is 35.7 Å². The molecule has 102 valence electrons. The second-order valence-corrected chi connectivity index (χ2v) is 5.85. The van der Waals surface area contributed by atoms with Crippen LogP contribution >= 0.6 is 11.8 Å². The molecule has 0 unspecified atom stereocenters. The fourth-order valence-corrected chi connectivity index (χ4v) is 3.28. The van der Waals surface area contributed by atoms with Crippen molar-refractivity contribution in [3.05, 3.63) is 47.3 Å². The number of nitrogens with two attached hydrogens (primary N) is 1. The Balaban J connectivity index is 2.02. The van der Waals surface area contributed by atoms with E-state index in [1.807, 2.05) is 24.3 Å². The van der Waals surface area contributed by atoms with Crippen molar-refractivity contribution >= 4 is 17.6 Å². The normalized spacial score (nSPS) is 13.8. The SMILES string of the molecule is N=C(N)c1cc2c(nc1Sc1ccccn1)CCCC2. The molecule has 2 heterocycles. The Bertz CT molecular complexity index is 640. The Kier molecular flexibility index (Phi) is 3.69. The number of fused-ring (bicyclic) bond motifs is 1. The lowest BCUT2D eigenvalue weighted by molar-refractivity contribution is 0.660. The van der Waals surface area contributed by atoms with Gasteiger partial charge in [0.25, 0.3) is 0 Å². The van der Waals surface area contributed by atoms with E-state index in [2.05, 4.69) is 4.98 Å². The third kappa shape index (κ3) is 2.67.